The number of allylic oxidation sites excluding steroid dienone is 2. The fourth-order valence-corrected chi connectivity index (χ4v) is 6.08. The summed E-state index contributed by atoms with van der Waals surface area (Å²) in [6, 6.07) is 0. The number of rotatable bonds is 5. The minimum atomic E-state index is 0.678. The number of hydrogen-bond acceptors (Lipinski definition) is 0. The first kappa shape index (κ1) is 17.6. The Morgan fingerprint density at radius 1 is 1.13 bits per heavy atom. The maximum absolute atomic E-state index is 2.55. The van der Waals surface area contributed by atoms with Crippen LogP contribution in [-0.4, -0.2) is 0 Å². The molecule has 0 aromatic carbocycles. The normalized spacial score (nSPS) is 47.1. The van der Waals surface area contributed by atoms with Gasteiger partial charge in [-0.2, -0.15) is 0 Å². The van der Waals surface area contributed by atoms with E-state index in [9.17, 15) is 0 Å². The quantitative estimate of drug-likeness (QED) is 0.481. The van der Waals surface area contributed by atoms with E-state index in [4.69, 9.17) is 0 Å². The van der Waals surface area contributed by atoms with Crippen LogP contribution in [0.25, 0.3) is 0 Å². The van der Waals surface area contributed by atoms with Crippen molar-refractivity contribution in [2.75, 3.05) is 0 Å². The summed E-state index contributed by atoms with van der Waals surface area (Å²) in [5.41, 5.74) is 4.31. The Labute approximate surface area is 145 Å². The summed E-state index contributed by atoms with van der Waals surface area (Å²) in [6.07, 6.45) is 5.88. The molecule has 3 aliphatic rings. The molecule has 8 unspecified atom stereocenters. The van der Waals surface area contributed by atoms with E-state index in [0.717, 1.165) is 47.3 Å². The van der Waals surface area contributed by atoms with Gasteiger partial charge in [-0.05, 0) is 85.4 Å². The lowest BCUT2D eigenvalue weighted by atomic mass is 9.59. The van der Waals surface area contributed by atoms with Crippen LogP contribution in [0.2, 0.25) is 0 Å². The van der Waals surface area contributed by atoms with Gasteiger partial charge >= 0.3 is 0 Å². The lowest BCUT2D eigenvalue weighted by molar-refractivity contribution is 0.0284. The van der Waals surface area contributed by atoms with Gasteiger partial charge in [0.2, 0.25) is 0 Å². The van der Waals surface area contributed by atoms with Gasteiger partial charge in [0.15, 0.2) is 0 Å². The van der Waals surface area contributed by atoms with E-state index in [2.05, 4.69) is 55.4 Å². The molecule has 0 aromatic rings. The summed E-state index contributed by atoms with van der Waals surface area (Å²) < 4.78 is 0. The smallest absolute Gasteiger partial charge is 0.0138 e. The average Bonchev–Trinajstić information content (AvgIpc) is 3.05. The zero-order valence-electron chi connectivity index (χ0n) is 16.9. The Bertz CT molecular complexity index is 484. The van der Waals surface area contributed by atoms with E-state index in [1.54, 1.807) is 5.57 Å². The van der Waals surface area contributed by atoms with Crippen molar-refractivity contribution in [3.63, 3.8) is 0 Å². The van der Waals surface area contributed by atoms with Crippen molar-refractivity contribution in [2.45, 2.75) is 81.1 Å². The Hall–Kier alpha value is -0.260. The standard InChI is InChI=1S/C23H40/c1-13(2)16(5)22-19(11-23(8)12-21(22)23)9-14(3)17(6)20-10-15(4)18(20)7/h13-15,17-21H,9-12H2,1-8H3. The first-order chi connectivity index (χ1) is 10.7. The SMILES string of the molecule is CC(=C1C(CC(C)C(C)C2CC(C)C2C)CC2(C)CC12)C(C)C. The average molecular weight is 317 g/mol. The van der Waals surface area contributed by atoms with Crippen LogP contribution >= 0.6 is 0 Å². The van der Waals surface area contributed by atoms with Gasteiger partial charge < -0.3 is 0 Å². The monoisotopic (exact) mass is 316 g/mol. The van der Waals surface area contributed by atoms with Crippen molar-refractivity contribution in [3.8, 4) is 0 Å². The van der Waals surface area contributed by atoms with Gasteiger partial charge in [0.05, 0.1) is 0 Å². The van der Waals surface area contributed by atoms with Gasteiger partial charge in [-0.15, -0.1) is 0 Å². The third-order valence-electron chi connectivity index (χ3n) is 8.65. The topological polar surface area (TPSA) is 0 Å². The predicted octanol–water partition coefficient (Wildman–Crippen LogP) is 6.96. The first-order valence-electron chi connectivity index (χ1n) is 10.4. The Balaban J connectivity index is 1.68. The summed E-state index contributed by atoms with van der Waals surface area (Å²) in [5.74, 6) is 7.27. The van der Waals surface area contributed by atoms with Crippen molar-refractivity contribution < 1.29 is 0 Å². The minimum Gasteiger partial charge on any atom is -0.0710 e. The molecule has 0 bridgehead atoms. The van der Waals surface area contributed by atoms with Crippen LogP contribution in [0.5, 0.6) is 0 Å². The number of fused-ring (bicyclic) bond motifs is 1. The number of hydrogen-bond donors (Lipinski definition) is 0. The lowest BCUT2D eigenvalue weighted by Gasteiger charge is -2.47. The molecule has 0 spiro atoms. The summed E-state index contributed by atoms with van der Waals surface area (Å²) in [7, 11) is 0. The molecule has 0 amide bonds. The second-order valence-electron chi connectivity index (χ2n) is 10.4. The highest BCUT2D eigenvalue weighted by atomic mass is 14.6. The van der Waals surface area contributed by atoms with Crippen LogP contribution in [0.3, 0.4) is 0 Å². The molecule has 3 aliphatic carbocycles. The predicted molar refractivity (Wildman–Crippen MR) is 101 cm³/mol. The van der Waals surface area contributed by atoms with Gasteiger partial charge in [0, 0.05) is 0 Å². The Morgan fingerprint density at radius 3 is 2.30 bits per heavy atom. The van der Waals surface area contributed by atoms with E-state index < -0.39 is 0 Å². The van der Waals surface area contributed by atoms with Crippen molar-refractivity contribution >= 4 is 0 Å². The molecule has 3 rings (SSSR count). The molecule has 0 aromatic heterocycles. The third kappa shape index (κ3) is 2.93. The van der Waals surface area contributed by atoms with Crippen molar-refractivity contribution in [3.05, 3.63) is 11.1 Å². The molecular formula is C23H40. The summed E-state index contributed by atoms with van der Waals surface area (Å²) in [6.45, 7) is 19.8. The zero-order chi connectivity index (χ0) is 17.1. The first-order valence-corrected chi connectivity index (χ1v) is 10.4. The van der Waals surface area contributed by atoms with E-state index >= 15 is 0 Å². The fraction of sp³-hybridized carbons (Fsp3) is 0.913. The molecule has 0 saturated heterocycles. The van der Waals surface area contributed by atoms with Crippen molar-refractivity contribution in [1.82, 2.24) is 0 Å². The fourth-order valence-electron chi connectivity index (χ4n) is 6.08. The van der Waals surface area contributed by atoms with Crippen LogP contribution in [0, 0.1) is 52.8 Å². The Kier molecular flexibility index (Phi) is 4.52. The molecule has 3 fully saturated rings. The van der Waals surface area contributed by atoms with Crippen LogP contribution < -0.4 is 0 Å². The van der Waals surface area contributed by atoms with Crippen LogP contribution in [0.1, 0.15) is 81.1 Å². The highest BCUT2D eigenvalue weighted by molar-refractivity contribution is 5.34. The van der Waals surface area contributed by atoms with Crippen LogP contribution in [-0.2, 0) is 0 Å². The molecule has 0 aliphatic heterocycles. The van der Waals surface area contributed by atoms with Crippen LogP contribution in [0.4, 0.5) is 0 Å². The third-order valence-corrected chi connectivity index (χ3v) is 8.65. The highest BCUT2D eigenvalue weighted by Gasteiger charge is 2.60. The largest absolute Gasteiger partial charge is 0.0710 e. The van der Waals surface area contributed by atoms with Crippen molar-refractivity contribution in [2.24, 2.45) is 52.8 Å². The molecule has 23 heavy (non-hydrogen) atoms. The second-order valence-corrected chi connectivity index (χ2v) is 10.4. The van der Waals surface area contributed by atoms with Crippen molar-refractivity contribution in [1.29, 1.82) is 0 Å². The molecule has 0 radical (unpaired) electrons. The zero-order valence-corrected chi connectivity index (χ0v) is 16.9. The van der Waals surface area contributed by atoms with Crippen LogP contribution in [0.15, 0.2) is 11.1 Å². The van der Waals surface area contributed by atoms with E-state index in [1.165, 1.54) is 25.7 Å². The molecule has 8 atom stereocenters. The van der Waals surface area contributed by atoms with Gasteiger partial charge in [0.1, 0.15) is 0 Å². The van der Waals surface area contributed by atoms with Gasteiger partial charge in [-0.3, -0.25) is 0 Å². The molecule has 132 valence electrons. The van der Waals surface area contributed by atoms with Gasteiger partial charge in [-0.1, -0.05) is 59.6 Å². The molecule has 0 nitrogen and oxygen atoms in total. The maximum atomic E-state index is 2.55. The second kappa shape index (κ2) is 5.92. The lowest BCUT2D eigenvalue weighted by Crippen LogP contribution is -2.39. The minimum absolute atomic E-state index is 0.678. The maximum Gasteiger partial charge on any atom is -0.0138 e. The van der Waals surface area contributed by atoms with Gasteiger partial charge in [0.25, 0.3) is 0 Å². The molecular weight excluding hydrogens is 276 g/mol. The van der Waals surface area contributed by atoms with E-state index in [-0.39, 0.29) is 0 Å². The van der Waals surface area contributed by atoms with E-state index in [1.807, 2.05) is 5.57 Å². The molecule has 0 N–H and O–H groups in total. The van der Waals surface area contributed by atoms with E-state index in [0.29, 0.717) is 5.41 Å². The summed E-state index contributed by atoms with van der Waals surface area (Å²) in [5, 5.41) is 0. The molecule has 0 heterocycles. The summed E-state index contributed by atoms with van der Waals surface area (Å²) in [4.78, 5) is 0. The van der Waals surface area contributed by atoms with Gasteiger partial charge in [-0.25, -0.2) is 0 Å². The molecule has 0 heteroatoms. The highest BCUT2D eigenvalue weighted by Crippen LogP contribution is 2.69. The molecule has 3 saturated carbocycles. The summed E-state index contributed by atoms with van der Waals surface area (Å²) >= 11 is 0. The Morgan fingerprint density at radius 2 is 1.78 bits per heavy atom.